The Morgan fingerprint density at radius 3 is 2.64 bits per heavy atom. The van der Waals surface area contributed by atoms with Crippen LogP contribution in [0.3, 0.4) is 0 Å². The second kappa shape index (κ2) is 3.82. The van der Waals surface area contributed by atoms with Gasteiger partial charge < -0.3 is 4.90 Å². The van der Waals surface area contributed by atoms with Crippen molar-refractivity contribution in [3.8, 4) is 0 Å². The standard InChI is InChI=1S/C12H15NO/c1-10(14)13-8-7-12(9-13)11-5-3-2-4-6-11/h2-6,12H,7-9H2,1H3. The van der Waals surface area contributed by atoms with Gasteiger partial charge in [0.1, 0.15) is 0 Å². The summed E-state index contributed by atoms with van der Waals surface area (Å²) in [5.41, 5.74) is 1.36. The Morgan fingerprint density at radius 1 is 1.36 bits per heavy atom. The average Bonchev–Trinajstić information content (AvgIpc) is 2.68. The third kappa shape index (κ3) is 1.79. The van der Waals surface area contributed by atoms with Gasteiger partial charge in [0.05, 0.1) is 0 Å². The third-order valence-electron chi connectivity index (χ3n) is 2.90. The maximum atomic E-state index is 11.1. The molecule has 1 aliphatic rings. The van der Waals surface area contributed by atoms with Gasteiger partial charge in [0.25, 0.3) is 0 Å². The average molecular weight is 189 g/mol. The summed E-state index contributed by atoms with van der Waals surface area (Å²) in [5.74, 6) is 0.739. The summed E-state index contributed by atoms with van der Waals surface area (Å²) in [5, 5.41) is 0. The lowest BCUT2D eigenvalue weighted by molar-refractivity contribution is -0.127. The smallest absolute Gasteiger partial charge is 0.219 e. The second-order valence-corrected chi connectivity index (χ2v) is 3.86. The summed E-state index contributed by atoms with van der Waals surface area (Å²) in [6, 6.07) is 10.4. The summed E-state index contributed by atoms with van der Waals surface area (Å²) in [7, 11) is 0. The third-order valence-corrected chi connectivity index (χ3v) is 2.90. The molecule has 0 spiro atoms. The Bertz CT molecular complexity index is 320. The van der Waals surface area contributed by atoms with Crippen LogP contribution in [0.15, 0.2) is 30.3 Å². The van der Waals surface area contributed by atoms with E-state index in [0.717, 1.165) is 19.5 Å². The van der Waals surface area contributed by atoms with E-state index in [2.05, 4.69) is 24.3 Å². The van der Waals surface area contributed by atoms with Crippen molar-refractivity contribution in [2.45, 2.75) is 19.3 Å². The molecule has 1 aromatic rings. The zero-order chi connectivity index (χ0) is 9.97. The van der Waals surface area contributed by atoms with Crippen LogP contribution < -0.4 is 0 Å². The molecule has 1 unspecified atom stereocenters. The van der Waals surface area contributed by atoms with E-state index >= 15 is 0 Å². The Morgan fingerprint density at radius 2 is 2.07 bits per heavy atom. The van der Waals surface area contributed by atoms with Crippen molar-refractivity contribution in [2.75, 3.05) is 13.1 Å². The molecule has 1 amide bonds. The number of hydrogen-bond acceptors (Lipinski definition) is 1. The molecule has 0 aliphatic carbocycles. The van der Waals surface area contributed by atoms with Crippen LogP contribution >= 0.6 is 0 Å². The number of hydrogen-bond donors (Lipinski definition) is 0. The lowest BCUT2D eigenvalue weighted by Gasteiger charge is -2.13. The van der Waals surface area contributed by atoms with Crippen molar-refractivity contribution in [1.82, 2.24) is 4.90 Å². The summed E-state index contributed by atoms with van der Waals surface area (Å²) in [6.45, 7) is 3.45. The maximum Gasteiger partial charge on any atom is 0.219 e. The van der Waals surface area contributed by atoms with Gasteiger partial charge in [-0.2, -0.15) is 0 Å². The topological polar surface area (TPSA) is 20.3 Å². The maximum absolute atomic E-state index is 11.1. The SMILES string of the molecule is CC(=O)N1CCC(c2ccccc2)C1. The molecule has 1 fully saturated rings. The van der Waals surface area contributed by atoms with Crippen LogP contribution in [0, 0.1) is 0 Å². The fraction of sp³-hybridized carbons (Fsp3) is 0.417. The highest BCUT2D eigenvalue weighted by Gasteiger charge is 2.24. The molecular formula is C12H15NO. The molecular weight excluding hydrogens is 174 g/mol. The first-order valence-electron chi connectivity index (χ1n) is 5.08. The van der Waals surface area contributed by atoms with Gasteiger partial charge in [-0.25, -0.2) is 0 Å². The van der Waals surface area contributed by atoms with E-state index in [1.165, 1.54) is 5.56 Å². The second-order valence-electron chi connectivity index (χ2n) is 3.86. The van der Waals surface area contributed by atoms with Crippen LogP contribution in [0.4, 0.5) is 0 Å². The molecule has 1 heterocycles. The largest absolute Gasteiger partial charge is 0.342 e. The van der Waals surface area contributed by atoms with Gasteiger partial charge >= 0.3 is 0 Å². The normalized spacial score (nSPS) is 21.2. The highest BCUT2D eigenvalue weighted by atomic mass is 16.2. The van der Waals surface area contributed by atoms with Gasteiger partial charge in [-0.05, 0) is 12.0 Å². The predicted octanol–water partition coefficient (Wildman–Crippen LogP) is 2.02. The van der Waals surface area contributed by atoms with Gasteiger partial charge in [0, 0.05) is 25.9 Å². The van der Waals surface area contributed by atoms with Gasteiger partial charge in [-0.3, -0.25) is 4.79 Å². The van der Waals surface area contributed by atoms with Crippen molar-refractivity contribution in [2.24, 2.45) is 0 Å². The molecule has 0 bridgehead atoms. The van der Waals surface area contributed by atoms with Crippen LogP contribution in [0.2, 0.25) is 0 Å². The highest BCUT2D eigenvalue weighted by molar-refractivity contribution is 5.73. The Labute approximate surface area is 84.5 Å². The number of benzene rings is 1. The number of carbonyl (C=O) groups excluding carboxylic acids is 1. The number of rotatable bonds is 1. The summed E-state index contributed by atoms with van der Waals surface area (Å²) in [6.07, 6.45) is 1.10. The van der Waals surface area contributed by atoms with Crippen LogP contribution in [0.25, 0.3) is 0 Å². The van der Waals surface area contributed by atoms with Gasteiger partial charge in [0.2, 0.25) is 5.91 Å². The zero-order valence-corrected chi connectivity index (χ0v) is 8.44. The van der Waals surface area contributed by atoms with Crippen molar-refractivity contribution in [1.29, 1.82) is 0 Å². The molecule has 74 valence electrons. The van der Waals surface area contributed by atoms with Gasteiger partial charge in [-0.15, -0.1) is 0 Å². The molecule has 2 heteroatoms. The summed E-state index contributed by atoms with van der Waals surface area (Å²) < 4.78 is 0. The van der Waals surface area contributed by atoms with Crippen molar-refractivity contribution >= 4 is 5.91 Å². The molecule has 1 saturated heterocycles. The first kappa shape index (κ1) is 9.25. The number of likely N-dealkylation sites (tertiary alicyclic amines) is 1. The fourth-order valence-corrected chi connectivity index (χ4v) is 2.04. The lowest BCUT2D eigenvalue weighted by atomic mass is 9.99. The van der Waals surface area contributed by atoms with E-state index in [9.17, 15) is 4.79 Å². The van der Waals surface area contributed by atoms with E-state index < -0.39 is 0 Å². The summed E-state index contributed by atoms with van der Waals surface area (Å²) in [4.78, 5) is 13.1. The molecule has 0 radical (unpaired) electrons. The molecule has 1 atom stereocenters. The first-order chi connectivity index (χ1) is 6.77. The Hall–Kier alpha value is -1.31. The van der Waals surface area contributed by atoms with Crippen LogP contribution in [-0.4, -0.2) is 23.9 Å². The van der Waals surface area contributed by atoms with E-state index in [4.69, 9.17) is 0 Å². The van der Waals surface area contributed by atoms with Crippen LogP contribution in [0.1, 0.15) is 24.8 Å². The molecule has 0 N–H and O–H groups in total. The zero-order valence-electron chi connectivity index (χ0n) is 8.44. The van der Waals surface area contributed by atoms with E-state index in [0.29, 0.717) is 5.92 Å². The quantitative estimate of drug-likeness (QED) is 0.662. The molecule has 2 rings (SSSR count). The van der Waals surface area contributed by atoms with Crippen molar-refractivity contribution < 1.29 is 4.79 Å². The minimum atomic E-state index is 0.198. The number of carbonyl (C=O) groups is 1. The van der Waals surface area contributed by atoms with E-state index in [-0.39, 0.29) is 5.91 Å². The molecule has 14 heavy (non-hydrogen) atoms. The molecule has 1 aliphatic heterocycles. The molecule has 0 aromatic heterocycles. The number of nitrogens with zero attached hydrogens (tertiary/aromatic N) is 1. The van der Waals surface area contributed by atoms with Crippen LogP contribution in [-0.2, 0) is 4.79 Å². The Kier molecular flexibility index (Phi) is 2.53. The Balaban J connectivity index is 2.06. The van der Waals surface area contributed by atoms with E-state index in [1.54, 1.807) is 6.92 Å². The monoisotopic (exact) mass is 189 g/mol. The van der Waals surface area contributed by atoms with Crippen molar-refractivity contribution in [3.05, 3.63) is 35.9 Å². The van der Waals surface area contributed by atoms with E-state index in [1.807, 2.05) is 11.0 Å². The molecule has 0 saturated carbocycles. The van der Waals surface area contributed by atoms with Crippen LogP contribution in [0.5, 0.6) is 0 Å². The van der Waals surface area contributed by atoms with Crippen molar-refractivity contribution in [3.63, 3.8) is 0 Å². The highest BCUT2D eigenvalue weighted by Crippen LogP contribution is 2.26. The lowest BCUT2D eigenvalue weighted by Crippen LogP contribution is -2.25. The molecule has 2 nitrogen and oxygen atoms in total. The van der Waals surface area contributed by atoms with Gasteiger partial charge in [0.15, 0.2) is 0 Å². The minimum absolute atomic E-state index is 0.198. The fourth-order valence-electron chi connectivity index (χ4n) is 2.04. The predicted molar refractivity (Wildman–Crippen MR) is 56.1 cm³/mol. The first-order valence-corrected chi connectivity index (χ1v) is 5.08. The van der Waals surface area contributed by atoms with Gasteiger partial charge in [-0.1, -0.05) is 30.3 Å². The molecule has 1 aromatic carbocycles. The summed E-state index contributed by atoms with van der Waals surface area (Å²) >= 11 is 0. The minimum Gasteiger partial charge on any atom is -0.342 e. The number of amides is 1.